The molecule has 0 unspecified atom stereocenters. The molecule has 0 saturated heterocycles. The van der Waals surface area contributed by atoms with E-state index in [-0.39, 0.29) is 0 Å². The van der Waals surface area contributed by atoms with E-state index in [1.807, 2.05) is 17.4 Å². The van der Waals surface area contributed by atoms with Crippen LogP contribution in [0.1, 0.15) is 5.56 Å². The summed E-state index contributed by atoms with van der Waals surface area (Å²) in [6.45, 7) is 2.15. The number of rotatable bonds is 3. The molecule has 2 heterocycles. The van der Waals surface area contributed by atoms with Gasteiger partial charge in [-0.25, -0.2) is 0 Å². The average molecular weight is 556 g/mol. The van der Waals surface area contributed by atoms with Crippen molar-refractivity contribution in [3.63, 3.8) is 0 Å². The highest BCUT2D eigenvalue weighted by molar-refractivity contribution is 7.27. The molecule has 0 spiro atoms. The van der Waals surface area contributed by atoms with E-state index in [9.17, 15) is 0 Å². The molecular weight excluding hydrogens is 531 g/mol. The summed E-state index contributed by atoms with van der Waals surface area (Å²) >= 11 is 1.89. The number of benzene rings is 7. The third kappa shape index (κ3) is 3.38. The largest absolute Gasteiger partial charge is 0.454 e. The number of furan rings is 1. The van der Waals surface area contributed by atoms with Crippen LogP contribution in [0.4, 0.5) is 17.1 Å². The molecule has 0 fully saturated rings. The van der Waals surface area contributed by atoms with Crippen molar-refractivity contribution in [2.24, 2.45) is 0 Å². The molecule has 9 aromatic rings. The summed E-state index contributed by atoms with van der Waals surface area (Å²) in [5.41, 5.74) is 6.30. The predicted octanol–water partition coefficient (Wildman–Crippen LogP) is 12.0. The summed E-state index contributed by atoms with van der Waals surface area (Å²) in [5, 5.41) is 9.97. The Hall–Kier alpha value is -5.12. The number of para-hydroxylation sites is 2. The zero-order chi connectivity index (χ0) is 27.8. The van der Waals surface area contributed by atoms with Gasteiger partial charge in [-0.3, -0.25) is 0 Å². The fourth-order valence-electron chi connectivity index (χ4n) is 6.62. The van der Waals surface area contributed by atoms with Gasteiger partial charge < -0.3 is 9.32 Å². The lowest BCUT2D eigenvalue weighted by Gasteiger charge is -2.27. The van der Waals surface area contributed by atoms with Gasteiger partial charge in [-0.15, -0.1) is 11.3 Å². The maximum absolute atomic E-state index is 6.59. The van der Waals surface area contributed by atoms with Crippen LogP contribution < -0.4 is 4.90 Å². The molecule has 2 aromatic heterocycles. The molecule has 0 aliphatic rings. The summed E-state index contributed by atoms with van der Waals surface area (Å²) in [4.78, 5) is 2.39. The molecule has 2 nitrogen and oxygen atoms in total. The fraction of sp³-hybridized carbons (Fsp3) is 0.0256. The number of fused-ring (bicyclic) bond motifs is 10. The highest BCUT2D eigenvalue weighted by atomic mass is 32.1. The van der Waals surface area contributed by atoms with Gasteiger partial charge in [0.1, 0.15) is 5.58 Å². The van der Waals surface area contributed by atoms with E-state index in [1.165, 1.54) is 47.3 Å². The van der Waals surface area contributed by atoms with E-state index >= 15 is 0 Å². The van der Waals surface area contributed by atoms with Crippen LogP contribution in [0.2, 0.25) is 0 Å². The second-order valence-corrected chi connectivity index (χ2v) is 12.1. The second-order valence-electron chi connectivity index (χ2n) is 11.0. The molecule has 7 aromatic carbocycles. The van der Waals surface area contributed by atoms with Crippen molar-refractivity contribution in [3.8, 4) is 0 Å². The predicted molar refractivity (Wildman–Crippen MR) is 181 cm³/mol. The van der Waals surface area contributed by atoms with E-state index < -0.39 is 0 Å². The van der Waals surface area contributed by atoms with Gasteiger partial charge in [0, 0.05) is 42.0 Å². The van der Waals surface area contributed by atoms with Gasteiger partial charge in [0.25, 0.3) is 0 Å². The molecule has 198 valence electrons. The maximum Gasteiger partial charge on any atom is 0.159 e. The molecule has 9 rings (SSSR count). The summed E-state index contributed by atoms with van der Waals surface area (Å²) in [7, 11) is 0. The first-order chi connectivity index (χ1) is 20.7. The SMILES string of the molecule is Cc1cccc(N(c2cc3sc4c5ccccc5ccc4c3c3ccccc23)c2cccc3c2oc2ccccc23)c1. The number of anilines is 3. The molecule has 0 radical (unpaired) electrons. The Morgan fingerprint density at radius 1 is 0.548 bits per heavy atom. The molecule has 0 saturated carbocycles. The van der Waals surface area contributed by atoms with Gasteiger partial charge in [0.2, 0.25) is 0 Å². The van der Waals surface area contributed by atoms with Gasteiger partial charge in [0.05, 0.1) is 11.4 Å². The van der Waals surface area contributed by atoms with Crippen LogP contribution in [0.5, 0.6) is 0 Å². The molecule has 0 bridgehead atoms. The molecule has 0 amide bonds. The minimum atomic E-state index is 0.895. The first-order valence-electron chi connectivity index (χ1n) is 14.3. The molecule has 0 N–H and O–H groups in total. The van der Waals surface area contributed by atoms with Gasteiger partial charge in [0.15, 0.2) is 5.58 Å². The second kappa shape index (κ2) is 8.94. The topological polar surface area (TPSA) is 16.4 Å². The third-order valence-corrected chi connectivity index (χ3v) is 9.66. The van der Waals surface area contributed by atoms with Gasteiger partial charge in [-0.05, 0) is 59.0 Å². The van der Waals surface area contributed by atoms with Crippen LogP contribution in [-0.2, 0) is 0 Å². The van der Waals surface area contributed by atoms with Crippen molar-refractivity contribution in [1.82, 2.24) is 0 Å². The van der Waals surface area contributed by atoms with Crippen LogP contribution in [0.15, 0.2) is 138 Å². The number of thiophene rings is 1. The lowest BCUT2D eigenvalue weighted by Crippen LogP contribution is -2.11. The molecule has 0 aliphatic carbocycles. The zero-order valence-electron chi connectivity index (χ0n) is 23.0. The molecule has 42 heavy (non-hydrogen) atoms. The molecule has 0 aliphatic heterocycles. The minimum absolute atomic E-state index is 0.895. The van der Waals surface area contributed by atoms with Gasteiger partial charge in [-0.2, -0.15) is 0 Å². The van der Waals surface area contributed by atoms with Crippen molar-refractivity contribution >= 4 is 92.1 Å². The van der Waals surface area contributed by atoms with E-state index in [0.29, 0.717) is 0 Å². The first-order valence-corrected chi connectivity index (χ1v) is 15.1. The van der Waals surface area contributed by atoms with E-state index in [4.69, 9.17) is 4.42 Å². The van der Waals surface area contributed by atoms with Crippen LogP contribution in [0.25, 0.3) is 63.7 Å². The fourth-order valence-corrected chi connectivity index (χ4v) is 7.91. The van der Waals surface area contributed by atoms with Crippen LogP contribution in [-0.4, -0.2) is 0 Å². The molecular formula is C39H25NOS. The standard InChI is InChI=1S/C39H25NOS/c1-24-10-8-12-26(22-24)40(33-18-9-17-31-29-15-6-7-19-35(29)41-38(31)33)34-23-36-37(30-16-5-4-14-28(30)34)32-21-20-25-11-2-3-13-27(25)39(32)42-36/h2-23H,1H3. The van der Waals surface area contributed by atoms with Crippen molar-refractivity contribution in [2.45, 2.75) is 6.92 Å². The highest BCUT2D eigenvalue weighted by Gasteiger charge is 2.23. The van der Waals surface area contributed by atoms with Crippen LogP contribution in [0.3, 0.4) is 0 Å². The average Bonchev–Trinajstić information content (AvgIpc) is 3.61. The number of nitrogens with zero attached hydrogens (tertiary/aromatic N) is 1. The Morgan fingerprint density at radius 3 is 2.17 bits per heavy atom. The van der Waals surface area contributed by atoms with E-state index in [2.05, 4.69) is 139 Å². The minimum Gasteiger partial charge on any atom is -0.454 e. The van der Waals surface area contributed by atoms with Crippen molar-refractivity contribution in [2.75, 3.05) is 4.90 Å². The van der Waals surface area contributed by atoms with Crippen molar-refractivity contribution in [3.05, 3.63) is 139 Å². The maximum atomic E-state index is 6.59. The van der Waals surface area contributed by atoms with Crippen molar-refractivity contribution < 1.29 is 4.42 Å². The van der Waals surface area contributed by atoms with Gasteiger partial charge in [-0.1, -0.05) is 103 Å². The summed E-state index contributed by atoms with van der Waals surface area (Å²) in [5.74, 6) is 0. The normalized spacial score (nSPS) is 11.9. The first kappa shape index (κ1) is 23.6. The number of aryl methyl sites for hydroxylation is 1. The lowest BCUT2D eigenvalue weighted by molar-refractivity contribution is 0.669. The Labute approximate surface area is 246 Å². The quantitative estimate of drug-likeness (QED) is 0.216. The zero-order valence-corrected chi connectivity index (χ0v) is 23.8. The van der Waals surface area contributed by atoms with Gasteiger partial charge >= 0.3 is 0 Å². The molecule has 0 atom stereocenters. The number of hydrogen-bond donors (Lipinski definition) is 0. The monoisotopic (exact) mass is 555 g/mol. The summed E-state index contributed by atoms with van der Waals surface area (Å²) in [6.07, 6.45) is 0. The third-order valence-electron chi connectivity index (χ3n) is 8.47. The Morgan fingerprint density at radius 2 is 1.29 bits per heavy atom. The van der Waals surface area contributed by atoms with E-state index in [0.717, 1.165) is 39.0 Å². The van der Waals surface area contributed by atoms with E-state index in [1.54, 1.807) is 0 Å². The smallest absolute Gasteiger partial charge is 0.159 e. The molecule has 3 heteroatoms. The number of hydrogen-bond acceptors (Lipinski definition) is 3. The Balaban J connectivity index is 1.42. The Bertz CT molecular complexity index is 2500. The lowest BCUT2D eigenvalue weighted by atomic mass is 9.99. The van der Waals surface area contributed by atoms with Crippen LogP contribution >= 0.6 is 11.3 Å². The highest BCUT2D eigenvalue weighted by Crippen LogP contribution is 2.49. The summed E-state index contributed by atoms with van der Waals surface area (Å²) in [6, 6.07) is 48.1. The van der Waals surface area contributed by atoms with Crippen molar-refractivity contribution in [1.29, 1.82) is 0 Å². The summed E-state index contributed by atoms with van der Waals surface area (Å²) < 4.78 is 9.22. The Kier molecular flexibility index (Phi) is 5.02. The van der Waals surface area contributed by atoms with Crippen LogP contribution in [0, 0.1) is 6.92 Å².